The summed E-state index contributed by atoms with van der Waals surface area (Å²) in [5.74, 6) is 0.518. The molecule has 2 saturated heterocycles. The van der Waals surface area contributed by atoms with Crippen molar-refractivity contribution in [3.05, 3.63) is 24.4 Å². The molecule has 0 bridgehead atoms. The number of aromatic nitrogens is 1. The zero-order chi connectivity index (χ0) is 24.1. The molecule has 1 aliphatic carbocycles. The Morgan fingerprint density at radius 2 is 1.76 bits per heavy atom. The number of pyridine rings is 1. The summed E-state index contributed by atoms with van der Waals surface area (Å²) in [6, 6.07) is 5.68. The Kier molecular flexibility index (Phi) is 8.06. The number of carbonyl (C=O) groups is 3. The minimum Gasteiger partial charge on any atom is -0.356 e. The molecule has 1 saturated carbocycles. The summed E-state index contributed by atoms with van der Waals surface area (Å²) in [5.41, 5.74) is 0. The van der Waals surface area contributed by atoms with Crippen LogP contribution in [0.25, 0.3) is 0 Å². The number of hydrogen-bond donors (Lipinski definition) is 1. The fourth-order valence-electron chi connectivity index (χ4n) is 5.67. The van der Waals surface area contributed by atoms with E-state index >= 15 is 0 Å². The minimum absolute atomic E-state index is 0.00345. The highest BCUT2D eigenvalue weighted by Gasteiger charge is 2.46. The van der Waals surface area contributed by atoms with Crippen molar-refractivity contribution >= 4 is 23.5 Å². The fraction of sp³-hybridized carbons (Fsp3) is 0.692. The van der Waals surface area contributed by atoms with Crippen LogP contribution in [0.1, 0.15) is 52.4 Å². The third-order valence-corrected chi connectivity index (χ3v) is 7.58. The first kappa shape index (κ1) is 24.5. The number of amides is 3. The van der Waals surface area contributed by atoms with Crippen LogP contribution in [0.15, 0.2) is 24.4 Å². The van der Waals surface area contributed by atoms with Gasteiger partial charge in [0.15, 0.2) is 0 Å². The molecular weight excluding hydrogens is 430 g/mol. The third-order valence-electron chi connectivity index (χ3n) is 7.58. The van der Waals surface area contributed by atoms with E-state index in [0.29, 0.717) is 39.0 Å². The van der Waals surface area contributed by atoms with Crippen LogP contribution in [0, 0.1) is 17.8 Å². The highest BCUT2D eigenvalue weighted by Crippen LogP contribution is 2.37. The molecule has 1 aromatic heterocycles. The van der Waals surface area contributed by atoms with Crippen molar-refractivity contribution in [2.24, 2.45) is 17.8 Å². The average molecular weight is 470 g/mol. The van der Waals surface area contributed by atoms with Crippen LogP contribution in [0.2, 0.25) is 0 Å². The zero-order valence-electron chi connectivity index (χ0n) is 20.6. The fourth-order valence-corrected chi connectivity index (χ4v) is 5.67. The molecule has 3 fully saturated rings. The molecule has 8 heteroatoms. The van der Waals surface area contributed by atoms with Gasteiger partial charge in [-0.05, 0) is 37.8 Å². The second-order valence-corrected chi connectivity index (χ2v) is 10.2. The van der Waals surface area contributed by atoms with Gasteiger partial charge in [0.1, 0.15) is 5.82 Å². The van der Waals surface area contributed by atoms with Crippen molar-refractivity contribution in [3.63, 3.8) is 0 Å². The van der Waals surface area contributed by atoms with Gasteiger partial charge in [0.25, 0.3) is 0 Å². The van der Waals surface area contributed by atoms with E-state index in [-0.39, 0.29) is 41.5 Å². The lowest BCUT2D eigenvalue weighted by molar-refractivity contribution is -0.140. The molecule has 3 atom stereocenters. The average Bonchev–Trinajstić information content (AvgIpc) is 3.29. The van der Waals surface area contributed by atoms with Crippen LogP contribution < -0.4 is 10.2 Å². The normalized spacial score (nSPS) is 26.6. The Morgan fingerprint density at radius 3 is 2.47 bits per heavy atom. The Hall–Kier alpha value is -2.64. The Bertz CT molecular complexity index is 853. The number of rotatable bonds is 3. The number of nitrogens with one attached hydrogen (secondary N) is 1. The summed E-state index contributed by atoms with van der Waals surface area (Å²) in [7, 11) is 0. The van der Waals surface area contributed by atoms with Crippen molar-refractivity contribution in [3.8, 4) is 0 Å². The van der Waals surface area contributed by atoms with E-state index in [2.05, 4.69) is 15.2 Å². The predicted octanol–water partition coefficient (Wildman–Crippen LogP) is 2.30. The molecule has 3 aliphatic rings. The quantitative estimate of drug-likeness (QED) is 0.734. The molecule has 34 heavy (non-hydrogen) atoms. The van der Waals surface area contributed by atoms with Crippen molar-refractivity contribution < 1.29 is 14.4 Å². The number of fused-ring (bicyclic) bond motifs is 1. The molecule has 0 unspecified atom stereocenters. The molecule has 4 rings (SSSR count). The van der Waals surface area contributed by atoms with Crippen LogP contribution in [0.3, 0.4) is 0 Å². The lowest BCUT2D eigenvalue weighted by atomic mass is 9.99. The summed E-state index contributed by atoms with van der Waals surface area (Å²) < 4.78 is 0. The molecule has 1 N–H and O–H groups in total. The third kappa shape index (κ3) is 5.53. The maximum absolute atomic E-state index is 13.5. The molecule has 186 valence electrons. The zero-order valence-corrected chi connectivity index (χ0v) is 20.6. The van der Waals surface area contributed by atoms with Crippen molar-refractivity contribution in [1.82, 2.24) is 20.1 Å². The lowest BCUT2D eigenvalue weighted by Crippen LogP contribution is -2.50. The van der Waals surface area contributed by atoms with Gasteiger partial charge in [0.05, 0.1) is 5.92 Å². The van der Waals surface area contributed by atoms with Crippen LogP contribution in [-0.2, 0) is 14.4 Å². The number of carbonyl (C=O) groups excluding carboxylic acids is 3. The smallest absolute Gasteiger partial charge is 0.225 e. The summed E-state index contributed by atoms with van der Waals surface area (Å²) >= 11 is 0. The Morgan fingerprint density at radius 1 is 1.00 bits per heavy atom. The van der Waals surface area contributed by atoms with Gasteiger partial charge >= 0.3 is 0 Å². The summed E-state index contributed by atoms with van der Waals surface area (Å²) in [4.78, 5) is 50.3. The number of anilines is 1. The Balaban J connectivity index is 1.45. The van der Waals surface area contributed by atoms with Crippen molar-refractivity contribution in [2.45, 2.75) is 58.4 Å². The minimum atomic E-state index is -0.315. The van der Waals surface area contributed by atoms with Gasteiger partial charge in [-0.15, -0.1) is 0 Å². The number of hydrogen-bond acceptors (Lipinski definition) is 5. The highest BCUT2D eigenvalue weighted by atomic mass is 16.2. The standard InChI is InChI=1S/C26H39N5O3/c1-19(2)25(33)31-12-8-4-3-6-11-28-24(32)21-17-20(18-22(21)31)26(34)30-15-13-29(14-16-30)23-9-5-7-10-27-23/h5,7,9-10,19-22H,3-4,6,8,11-18H2,1-2H3,(H,28,32)/t20-,21-,22+/m1/s1. The Labute approximate surface area is 203 Å². The SMILES string of the molecule is CC(C)C(=O)N1CCCCCCNC(=O)[C@@H]2C[C@@H](C(=O)N3CCN(c4ccccn4)CC3)C[C@@H]21. The monoisotopic (exact) mass is 469 g/mol. The van der Waals surface area contributed by atoms with Crippen LogP contribution in [0.4, 0.5) is 5.82 Å². The van der Waals surface area contributed by atoms with Gasteiger partial charge in [0, 0.05) is 63.3 Å². The molecule has 0 spiro atoms. The predicted molar refractivity (Wildman–Crippen MR) is 131 cm³/mol. The van der Waals surface area contributed by atoms with Crippen molar-refractivity contribution in [1.29, 1.82) is 0 Å². The highest BCUT2D eigenvalue weighted by molar-refractivity contribution is 5.86. The molecule has 3 heterocycles. The van der Waals surface area contributed by atoms with Gasteiger partial charge in [-0.3, -0.25) is 14.4 Å². The van der Waals surface area contributed by atoms with E-state index in [0.717, 1.165) is 44.6 Å². The molecule has 1 aromatic rings. The van der Waals surface area contributed by atoms with E-state index in [9.17, 15) is 14.4 Å². The van der Waals surface area contributed by atoms with E-state index < -0.39 is 0 Å². The van der Waals surface area contributed by atoms with E-state index in [1.165, 1.54) is 0 Å². The van der Waals surface area contributed by atoms with Gasteiger partial charge in [-0.25, -0.2) is 4.98 Å². The summed E-state index contributed by atoms with van der Waals surface area (Å²) in [5, 5.41) is 3.09. The second kappa shape index (κ2) is 11.2. The van der Waals surface area contributed by atoms with Gasteiger partial charge in [-0.2, -0.15) is 0 Å². The first-order chi connectivity index (χ1) is 16.5. The maximum Gasteiger partial charge on any atom is 0.225 e. The molecule has 2 aliphatic heterocycles. The van der Waals surface area contributed by atoms with Gasteiger partial charge in [0.2, 0.25) is 17.7 Å². The molecule has 3 amide bonds. The van der Waals surface area contributed by atoms with Crippen LogP contribution in [-0.4, -0.2) is 77.8 Å². The molecule has 0 radical (unpaired) electrons. The van der Waals surface area contributed by atoms with Gasteiger partial charge < -0.3 is 20.0 Å². The number of nitrogens with zero attached hydrogens (tertiary/aromatic N) is 4. The maximum atomic E-state index is 13.5. The van der Waals surface area contributed by atoms with E-state index in [1.54, 1.807) is 6.20 Å². The summed E-state index contributed by atoms with van der Waals surface area (Å²) in [6.45, 7) is 8.00. The largest absolute Gasteiger partial charge is 0.356 e. The van der Waals surface area contributed by atoms with E-state index in [1.807, 2.05) is 41.8 Å². The molecule has 8 nitrogen and oxygen atoms in total. The second-order valence-electron chi connectivity index (χ2n) is 10.2. The molecule has 0 aromatic carbocycles. The van der Waals surface area contributed by atoms with Crippen LogP contribution >= 0.6 is 0 Å². The molecular formula is C26H39N5O3. The van der Waals surface area contributed by atoms with E-state index in [4.69, 9.17) is 0 Å². The van der Waals surface area contributed by atoms with Crippen molar-refractivity contribution in [2.75, 3.05) is 44.2 Å². The van der Waals surface area contributed by atoms with Crippen LogP contribution in [0.5, 0.6) is 0 Å². The lowest BCUT2D eigenvalue weighted by Gasteiger charge is -2.36. The topological polar surface area (TPSA) is 85.8 Å². The first-order valence-corrected chi connectivity index (χ1v) is 13.0. The van der Waals surface area contributed by atoms with Gasteiger partial charge in [-0.1, -0.05) is 32.8 Å². The first-order valence-electron chi connectivity index (χ1n) is 13.0. The summed E-state index contributed by atoms with van der Waals surface area (Å²) in [6.07, 6.45) is 6.92. The number of piperazine rings is 1.